The first-order chi connectivity index (χ1) is 19.5. The molecular weight excluding hydrogens is 559 g/mol. The first-order valence-corrected chi connectivity index (χ1v) is 12.5. The van der Waals surface area contributed by atoms with Crippen molar-refractivity contribution in [3.05, 3.63) is 0 Å². The third-order valence-corrected chi connectivity index (χ3v) is 8.12. The molecule has 218 valence electrons. The molecule has 8 N–H and O–H groups in total. The average molecular weight is 583 g/mol. The lowest BCUT2D eigenvalue weighted by atomic mass is 9.77. The van der Waals surface area contributed by atoms with E-state index in [2.05, 4.69) is 0 Å². The lowest BCUT2D eigenvalue weighted by Crippen LogP contribution is -2.41. The van der Waals surface area contributed by atoms with E-state index in [1.54, 1.807) is 27.7 Å². The van der Waals surface area contributed by atoms with Crippen molar-refractivity contribution < 1.29 is 68.5 Å². The molecule has 1 fully saturated rings. The largest absolute Gasteiger partial charge is 0.505 e. The van der Waals surface area contributed by atoms with Crippen molar-refractivity contribution in [2.24, 2.45) is 0 Å². The second-order valence-corrected chi connectivity index (χ2v) is 11.1. The molecule has 15 nitrogen and oxygen atoms in total. The molecule has 1 aliphatic heterocycles. The fraction of sp³-hybridized carbons (Fsp3) is 0.250. The van der Waals surface area contributed by atoms with Crippen molar-refractivity contribution in [3.8, 4) is 46.0 Å². The molecule has 0 atom stereocenters. The van der Waals surface area contributed by atoms with Crippen LogP contribution in [0.3, 0.4) is 0 Å². The van der Waals surface area contributed by atoms with Gasteiger partial charge in [0.2, 0.25) is 34.0 Å². The summed E-state index contributed by atoms with van der Waals surface area (Å²) in [5.74, 6) is -7.06. The van der Waals surface area contributed by atoms with E-state index in [0.29, 0.717) is 0 Å². The molecule has 0 bridgehead atoms. The summed E-state index contributed by atoms with van der Waals surface area (Å²) in [7, 11) is 1.22. The zero-order valence-corrected chi connectivity index (χ0v) is 23.1. The average Bonchev–Trinajstić information content (AvgIpc) is 3.07. The summed E-state index contributed by atoms with van der Waals surface area (Å²) in [6.07, 6.45) is 0. The van der Waals surface area contributed by atoms with Gasteiger partial charge in [0.15, 0.2) is 28.7 Å². The van der Waals surface area contributed by atoms with Gasteiger partial charge < -0.3 is 50.2 Å². The summed E-state index contributed by atoms with van der Waals surface area (Å²) < 4.78 is 34.4. The minimum absolute atomic E-state index is 0.122. The third-order valence-electron chi connectivity index (χ3n) is 8.12. The molecule has 42 heavy (non-hydrogen) atoms. The van der Waals surface area contributed by atoms with Crippen LogP contribution in [-0.4, -0.2) is 79.3 Å². The number of phenols is 8. The zero-order chi connectivity index (χ0) is 30.8. The number of aromatic nitrogens is 1. The van der Waals surface area contributed by atoms with E-state index < -0.39 is 92.0 Å². The minimum atomic E-state index is -1.41. The van der Waals surface area contributed by atoms with Gasteiger partial charge in [0, 0.05) is 5.46 Å². The van der Waals surface area contributed by atoms with Gasteiger partial charge in [-0.1, -0.05) is 0 Å². The summed E-state index contributed by atoms with van der Waals surface area (Å²) in [6, 6.07) is 0. The van der Waals surface area contributed by atoms with E-state index in [-0.39, 0.29) is 27.5 Å². The Labute approximate surface area is 236 Å². The van der Waals surface area contributed by atoms with E-state index >= 15 is 0 Å². The minimum Gasteiger partial charge on any atom is -0.505 e. The van der Waals surface area contributed by atoms with Crippen LogP contribution in [0.5, 0.6) is 46.0 Å². The number of hydrogen-bond donors (Lipinski definition) is 8. The predicted octanol–water partition coefficient (Wildman–Crippen LogP) is -0.0817. The Morgan fingerprint density at radius 2 is 0.952 bits per heavy atom. The highest BCUT2D eigenvalue weighted by atomic mass is 17.0. The van der Waals surface area contributed by atoms with Gasteiger partial charge in [0.25, 0.3) is 5.58 Å². The highest BCUT2D eigenvalue weighted by molar-refractivity contribution is 6.65. The molecule has 0 aliphatic carbocycles. The Kier molecular flexibility index (Phi) is 5.44. The molecule has 0 unspecified atom stereocenters. The van der Waals surface area contributed by atoms with E-state index in [9.17, 15) is 40.9 Å². The number of hydrogen-bond acceptors (Lipinski definition) is 14. The van der Waals surface area contributed by atoms with Gasteiger partial charge in [-0.25, -0.2) is 0 Å². The Hall–Kier alpha value is -4.83. The number of benzene rings is 3. The van der Waals surface area contributed by atoms with Crippen molar-refractivity contribution in [3.63, 3.8) is 0 Å². The maximum absolute atomic E-state index is 11.5. The molecule has 6 rings (SSSR count). The number of phenolic OH excluding ortho intramolecular Hbond substituents is 8. The fourth-order valence-electron chi connectivity index (χ4n) is 4.98. The third kappa shape index (κ3) is 3.26. The van der Waals surface area contributed by atoms with Gasteiger partial charge in [-0.3, -0.25) is 22.7 Å². The summed E-state index contributed by atoms with van der Waals surface area (Å²) in [6.45, 7) is 6.91. The summed E-state index contributed by atoms with van der Waals surface area (Å²) in [5, 5.41) is 87.4. The fourth-order valence-corrected chi connectivity index (χ4v) is 4.98. The first-order valence-electron chi connectivity index (χ1n) is 12.5. The van der Waals surface area contributed by atoms with Crippen LogP contribution in [0, 0.1) is 0 Å². The second kappa shape index (κ2) is 8.36. The first kappa shape index (κ1) is 27.3. The van der Waals surface area contributed by atoms with Crippen LogP contribution in [0.2, 0.25) is 0 Å². The quantitative estimate of drug-likeness (QED) is 0.0558. The maximum Gasteiger partial charge on any atom is 0.502 e. The Morgan fingerprint density at radius 1 is 0.500 bits per heavy atom. The SMILES string of the molecule is Bc1c(O)c(O)c2ooc3c(O)c(B4OC(C)(C)C(C)(C)O4)c(O)c(O)c3n3c4c(B)c(O)c(O)c(O)c4ooc1c23. The van der Waals surface area contributed by atoms with Crippen molar-refractivity contribution in [1.29, 1.82) is 0 Å². The molecule has 0 spiro atoms. The van der Waals surface area contributed by atoms with Crippen LogP contribution in [-0.2, 0) is 9.31 Å². The van der Waals surface area contributed by atoms with Crippen LogP contribution in [0.25, 0.3) is 38.9 Å². The molecule has 1 saturated heterocycles. The summed E-state index contributed by atoms with van der Waals surface area (Å²) in [5.41, 5.74) is -6.01. The lowest BCUT2D eigenvalue weighted by Gasteiger charge is -2.32. The smallest absolute Gasteiger partial charge is 0.502 e. The van der Waals surface area contributed by atoms with Crippen LogP contribution in [0.15, 0.2) is 18.3 Å². The molecule has 0 radical (unpaired) electrons. The second-order valence-electron chi connectivity index (χ2n) is 11.1. The van der Waals surface area contributed by atoms with E-state index in [1.807, 2.05) is 0 Å². The van der Waals surface area contributed by atoms with Gasteiger partial charge >= 0.3 is 7.12 Å². The van der Waals surface area contributed by atoms with Gasteiger partial charge in [0.1, 0.15) is 26.7 Å². The number of aromatic hydroxyl groups is 8. The Morgan fingerprint density at radius 3 is 1.52 bits per heavy atom. The van der Waals surface area contributed by atoms with Gasteiger partial charge in [0.05, 0.1) is 22.2 Å². The molecule has 5 aromatic rings. The van der Waals surface area contributed by atoms with Gasteiger partial charge in [-0.15, -0.1) is 0 Å². The summed E-state index contributed by atoms with van der Waals surface area (Å²) in [4.78, 5) is 0. The van der Waals surface area contributed by atoms with Crippen molar-refractivity contribution >= 4 is 78.1 Å². The predicted molar refractivity (Wildman–Crippen MR) is 151 cm³/mol. The lowest BCUT2D eigenvalue weighted by molar-refractivity contribution is 0.00578. The van der Waals surface area contributed by atoms with Crippen molar-refractivity contribution in [2.45, 2.75) is 38.9 Å². The molecule has 3 aromatic carbocycles. The van der Waals surface area contributed by atoms with Crippen LogP contribution >= 0.6 is 0 Å². The molecule has 1 aliphatic rings. The highest BCUT2D eigenvalue weighted by Gasteiger charge is 2.54. The van der Waals surface area contributed by atoms with E-state index in [1.165, 1.54) is 15.7 Å². The molecular formula is C24H24B3NO14. The molecule has 18 heteroatoms. The van der Waals surface area contributed by atoms with Crippen LogP contribution in [0.1, 0.15) is 27.7 Å². The molecule has 0 saturated carbocycles. The maximum atomic E-state index is 11.5. The highest BCUT2D eigenvalue weighted by Crippen LogP contribution is 2.47. The van der Waals surface area contributed by atoms with Crippen molar-refractivity contribution in [1.82, 2.24) is 4.40 Å². The van der Waals surface area contributed by atoms with Gasteiger partial charge in [-0.2, -0.15) is 0 Å². The van der Waals surface area contributed by atoms with E-state index in [0.717, 1.165) is 4.40 Å². The molecule has 3 heterocycles. The van der Waals surface area contributed by atoms with E-state index in [4.69, 9.17) is 27.6 Å². The topological polar surface area (TPSA) is 237 Å². The number of nitrogens with zero attached hydrogens (tertiary/aromatic N) is 1. The standard InChI is InChI=1S/C24H24B3NO14/c1-23(2)24(3,4)42-27(41-23)7-13(31)15(33)9-21(14(7)32)39-40-22-10-19(6(26)12(30)17(22)35)37-38-20-8(28(9)10)5(25)11(29)16(34)18(20)36/h29-36H,25-26H2,1-4H3. The van der Waals surface area contributed by atoms with Crippen molar-refractivity contribution in [2.75, 3.05) is 0 Å². The monoisotopic (exact) mass is 583 g/mol. The Balaban J connectivity index is 1.96. The number of rotatable bonds is 1. The Bertz CT molecular complexity index is 2060. The number of fused-ring (bicyclic) bond motifs is 4. The molecule has 0 amide bonds. The zero-order valence-electron chi connectivity index (χ0n) is 23.1. The summed E-state index contributed by atoms with van der Waals surface area (Å²) >= 11 is 0. The van der Waals surface area contributed by atoms with Gasteiger partial charge in [-0.05, 0) is 33.2 Å². The molecule has 2 aromatic heterocycles. The normalized spacial score (nSPS) is 16.2. The van der Waals surface area contributed by atoms with Crippen LogP contribution < -0.4 is 16.4 Å². The van der Waals surface area contributed by atoms with Crippen LogP contribution in [0.4, 0.5) is 0 Å².